The predicted molar refractivity (Wildman–Crippen MR) is 64.6 cm³/mol. The zero-order chi connectivity index (χ0) is 12.7. The summed E-state index contributed by atoms with van der Waals surface area (Å²) in [6, 6.07) is 4.87. The van der Waals surface area contributed by atoms with Gasteiger partial charge >= 0.3 is 5.97 Å². The molecule has 0 aliphatic heterocycles. The summed E-state index contributed by atoms with van der Waals surface area (Å²) in [6.45, 7) is 2.63. The van der Waals surface area contributed by atoms with Crippen LogP contribution < -0.4 is 4.74 Å². The van der Waals surface area contributed by atoms with Crippen molar-refractivity contribution >= 4 is 5.97 Å². The van der Waals surface area contributed by atoms with E-state index in [-0.39, 0.29) is 12.2 Å². The van der Waals surface area contributed by atoms with Gasteiger partial charge < -0.3 is 14.9 Å². The molecule has 17 heavy (non-hydrogen) atoms. The maximum atomic E-state index is 10.9. The van der Waals surface area contributed by atoms with Crippen LogP contribution in [0.3, 0.4) is 0 Å². The zero-order valence-electron chi connectivity index (χ0n) is 9.98. The number of rotatable bonds is 7. The third kappa shape index (κ3) is 4.07. The fraction of sp³-hybridized carbons (Fsp3) is 0.462. The minimum Gasteiger partial charge on any atom is -0.494 e. The molecule has 0 atom stereocenters. The largest absolute Gasteiger partial charge is 0.494 e. The monoisotopic (exact) mass is 238 g/mol. The highest BCUT2D eigenvalue weighted by Gasteiger charge is 2.10. The van der Waals surface area contributed by atoms with Crippen molar-refractivity contribution in [1.29, 1.82) is 0 Å². The Labute approximate surface area is 101 Å². The molecule has 1 aromatic carbocycles. The second kappa shape index (κ2) is 6.91. The van der Waals surface area contributed by atoms with E-state index in [1.807, 2.05) is 0 Å². The molecule has 1 aromatic rings. The van der Waals surface area contributed by atoms with Crippen molar-refractivity contribution in [2.45, 2.75) is 26.2 Å². The first-order chi connectivity index (χ1) is 8.19. The number of aliphatic hydroxyl groups excluding tert-OH is 1. The average Bonchev–Trinajstić information content (AvgIpc) is 2.30. The number of aliphatic hydroxyl groups is 1. The van der Waals surface area contributed by atoms with E-state index in [1.165, 1.54) is 6.07 Å². The number of unbranched alkanes of at least 4 members (excludes halogenated alkanes) is 1. The van der Waals surface area contributed by atoms with E-state index >= 15 is 0 Å². The van der Waals surface area contributed by atoms with Gasteiger partial charge in [-0.1, -0.05) is 13.3 Å². The Kier molecular flexibility index (Phi) is 5.49. The van der Waals surface area contributed by atoms with Crippen molar-refractivity contribution in [1.82, 2.24) is 0 Å². The molecule has 0 bridgehead atoms. The lowest BCUT2D eigenvalue weighted by molar-refractivity contribution is 0.0695. The number of aromatic carboxylic acids is 1. The van der Waals surface area contributed by atoms with Gasteiger partial charge in [0.2, 0.25) is 0 Å². The molecule has 0 radical (unpaired) electrons. The van der Waals surface area contributed by atoms with Crippen molar-refractivity contribution in [2.24, 2.45) is 0 Å². The first-order valence-electron chi connectivity index (χ1n) is 5.79. The second-order valence-electron chi connectivity index (χ2n) is 3.80. The van der Waals surface area contributed by atoms with Crippen LogP contribution in [0.15, 0.2) is 18.2 Å². The molecule has 0 amide bonds. The van der Waals surface area contributed by atoms with Crippen molar-refractivity contribution < 1.29 is 19.7 Å². The highest BCUT2D eigenvalue weighted by atomic mass is 16.5. The number of carboxylic acid groups (broad SMARTS) is 1. The Bertz CT molecular complexity index is 374. The van der Waals surface area contributed by atoms with E-state index in [0.717, 1.165) is 12.8 Å². The van der Waals surface area contributed by atoms with Crippen LogP contribution in [-0.4, -0.2) is 29.4 Å². The number of ether oxygens (including phenoxy) is 1. The van der Waals surface area contributed by atoms with Gasteiger partial charge in [-0.25, -0.2) is 4.79 Å². The van der Waals surface area contributed by atoms with Crippen LogP contribution in [0.5, 0.6) is 5.75 Å². The summed E-state index contributed by atoms with van der Waals surface area (Å²) in [5.74, 6) is -0.319. The third-order valence-electron chi connectivity index (χ3n) is 2.45. The topological polar surface area (TPSA) is 66.8 Å². The summed E-state index contributed by atoms with van der Waals surface area (Å²) in [7, 11) is 0. The highest BCUT2D eigenvalue weighted by molar-refractivity contribution is 5.89. The summed E-state index contributed by atoms with van der Waals surface area (Å²) in [6.07, 6.45) is 2.35. The van der Waals surface area contributed by atoms with Crippen molar-refractivity contribution in [2.75, 3.05) is 13.2 Å². The molecule has 0 aliphatic carbocycles. The molecule has 2 N–H and O–H groups in total. The van der Waals surface area contributed by atoms with Gasteiger partial charge in [0.15, 0.2) is 0 Å². The van der Waals surface area contributed by atoms with Crippen LogP contribution in [0.1, 0.15) is 35.7 Å². The highest BCUT2D eigenvalue weighted by Crippen LogP contribution is 2.19. The van der Waals surface area contributed by atoms with E-state index in [4.69, 9.17) is 14.9 Å². The molecule has 1 rings (SSSR count). The fourth-order valence-electron chi connectivity index (χ4n) is 1.53. The molecule has 0 aliphatic rings. The number of carbonyl (C=O) groups is 1. The fourth-order valence-corrected chi connectivity index (χ4v) is 1.53. The van der Waals surface area contributed by atoms with Crippen LogP contribution >= 0.6 is 0 Å². The van der Waals surface area contributed by atoms with Crippen LogP contribution in [0.25, 0.3) is 0 Å². The van der Waals surface area contributed by atoms with Crippen LogP contribution in [0.4, 0.5) is 0 Å². The number of hydrogen-bond acceptors (Lipinski definition) is 3. The predicted octanol–water partition coefficient (Wildman–Crippen LogP) is 2.10. The molecule has 0 saturated carbocycles. The minimum atomic E-state index is -0.978. The van der Waals surface area contributed by atoms with Crippen molar-refractivity contribution in [3.8, 4) is 5.75 Å². The number of hydrogen-bond donors (Lipinski definition) is 2. The van der Waals surface area contributed by atoms with E-state index in [0.29, 0.717) is 24.3 Å². The van der Waals surface area contributed by atoms with Gasteiger partial charge in [0.05, 0.1) is 12.2 Å². The lowest BCUT2D eigenvalue weighted by Gasteiger charge is -2.09. The maximum absolute atomic E-state index is 10.9. The SMILES string of the molecule is CCCCOc1ccc(C(=O)O)c(CCO)c1. The van der Waals surface area contributed by atoms with Crippen molar-refractivity contribution in [3.63, 3.8) is 0 Å². The third-order valence-corrected chi connectivity index (χ3v) is 2.45. The summed E-state index contributed by atoms with van der Waals surface area (Å²) < 4.78 is 5.49. The molecule has 4 nitrogen and oxygen atoms in total. The Morgan fingerprint density at radius 1 is 1.41 bits per heavy atom. The summed E-state index contributed by atoms with van der Waals surface area (Å²) >= 11 is 0. The maximum Gasteiger partial charge on any atom is 0.335 e. The second-order valence-corrected chi connectivity index (χ2v) is 3.80. The molecule has 0 aromatic heterocycles. The molecule has 0 unspecified atom stereocenters. The van der Waals surface area contributed by atoms with E-state index in [9.17, 15) is 4.79 Å². The van der Waals surface area contributed by atoms with Crippen LogP contribution in [0, 0.1) is 0 Å². The summed E-state index contributed by atoms with van der Waals surface area (Å²) in [5.41, 5.74) is 0.830. The Morgan fingerprint density at radius 2 is 2.18 bits per heavy atom. The van der Waals surface area contributed by atoms with Gasteiger partial charge in [-0.3, -0.25) is 0 Å². The van der Waals surface area contributed by atoms with Gasteiger partial charge in [0.1, 0.15) is 5.75 Å². The van der Waals surface area contributed by atoms with Gasteiger partial charge in [0, 0.05) is 6.61 Å². The van der Waals surface area contributed by atoms with Gasteiger partial charge in [-0.05, 0) is 36.6 Å². The average molecular weight is 238 g/mol. The molecule has 0 spiro atoms. The van der Waals surface area contributed by atoms with Crippen molar-refractivity contribution in [3.05, 3.63) is 29.3 Å². The summed E-state index contributed by atoms with van der Waals surface area (Å²) in [4.78, 5) is 10.9. The zero-order valence-corrected chi connectivity index (χ0v) is 9.98. The Balaban J connectivity index is 2.81. The first kappa shape index (κ1) is 13.5. The Hall–Kier alpha value is -1.55. The standard InChI is InChI=1S/C13H18O4/c1-2-3-8-17-11-4-5-12(13(15)16)10(9-11)6-7-14/h4-5,9,14H,2-3,6-8H2,1H3,(H,15,16). The smallest absolute Gasteiger partial charge is 0.335 e. The normalized spacial score (nSPS) is 10.2. The molecule has 0 saturated heterocycles. The first-order valence-corrected chi connectivity index (χ1v) is 5.79. The number of benzene rings is 1. The van der Waals surface area contributed by atoms with E-state index in [1.54, 1.807) is 12.1 Å². The van der Waals surface area contributed by atoms with Gasteiger partial charge in [-0.2, -0.15) is 0 Å². The lowest BCUT2D eigenvalue weighted by atomic mass is 10.0. The van der Waals surface area contributed by atoms with E-state index < -0.39 is 5.97 Å². The van der Waals surface area contributed by atoms with Crippen LogP contribution in [-0.2, 0) is 6.42 Å². The van der Waals surface area contributed by atoms with Gasteiger partial charge in [0.25, 0.3) is 0 Å². The quantitative estimate of drug-likeness (QED) is 0.714. The Morgan fingerprint density at radius 3 is 2.76 bits per heavy atom. The molecule has 0 heterocycles. The van der Waals surface area contributed by atoms with Gasteiger partial charge in [-0.15, -0.1) is 0 Å². The summed E-state index contributed by atoms with van der Waals surface area (Å²) in [5, 5.41) is 17.9. The molecule has 4 heteroatoms. The lowest BCUT2D eigenvalue weighted by Crippen LogP contribution is -2.05. The van der Waals surface area contributed by atoms with Crippen LogP contribution in [0.2, 0.25) is 0 Å². The molecular weight excluding hydrogens is 220 g/mol. The number of carboxylic acids is 1. The molecule has 94 valence electrons. The molecule has 0 fully saturated rings. The minimum absolute atomic E-state index is 0.0707. The van der Waals surface area contributed by atoms with E-state index in [2.05, 4.69) is 6.92 Å². The molecular formula is C13H18O4.